The van der Waals surface area contributed by atoms with E-state index in [0.29, 0.717) is 18.4 Å². The number of hydrogen-bond acceptors (Lipinski definition) is 3. The summed E-state index contributed by atoms with van der Waals surface area (Å²) in [6.45, 7) is 4.77. The van der Waals surface area contributed by atoms with Gasteiger partial charge in [-0.3, -0.25) is 4.68 Å². The van der Waals surface area contributed by atoms with Crippen LogP contribution in [0, 0.1) is 0 Å². The van der Waals surface area contributed by atoms with E-state index in [0.717, 1.165) is 11.4 Å². The summed E-state index contributed by atoms with van der Waals surface area (Å²) < 4.78 is 1.68. The lowest BCUT2D eigenvalue weighted by molar-refractivity contribution is 0.678. The lowest BCUT2D eigenvalue weighted by atomic mass is 10.0. The molecule has 0 bridgehead atoms. The molecule has 3 N–H and O–H groups in total. The second-order valence-corrected chi connectivity index (χ2v) is 4.96. The van der Waals surface area contributed by atoms with Crippen LogP contribution in [0.15, 0.2) is 35.5 Å². The Labute approximate surface area is 141 Å². The van der Waals surface area contributed by atoms with Gasteiger partial charge in [-0.1, -0.05) is 31.2 Å². The molecule has 0 aliphatic rings. The quantitative estimate of drug-likeness (QED) is 0.470. The van der Waals surface area contributed by atoms with E-state index in [9.17, 15) is 0 Å². The van der Waals surface area contributed by atoms with E-state index in [-0.39, 0.29) is 24.0 Å². The minimum atomic E-state index is 0. The third-order valence-electron chi connectivity index (χ3n) is 3.05. The fourth-order valence-corrected chi connectivity index (χ4v) is 1.78. The first-order valence-electron chi connectivity index (χ1n) is 6.56. The third kappa shape index (κ3) is 5.00. The van der Waals surface area contributed by atoms with E-state index in [1.807, 2.05) is 19.2 Å². The molecule has 1 heterocycles. The Bertz CT molecular complexity index is 605. The summed E-state index contributed by atoms with van der Waals surface area (Å²) in [5.74, 6) is 0.863. The molecule has 0 fully saturated rings. The number of nitrogens with one attached hydrogen (secondary N) is 1. The van der Waals surface area contributed by atoms with E-state index in [4.69, 9.17) is 5.73 Å². The van der Waals surface area contributed by atoms with Crippen LogP contribution < -0.4 is 11.1 Å². The van der Waals surface area contributed by atoms with Gasteiger partial charge in [-0.25, -0.2) is 4.99 Å². The number of anilines is 1. The van der Waals surface area contributed by atoms with Gasteiger partial charge in [0, 0.05) is 12.7 Å². The monoisotopic (exact) mass is 400 g/mol. The maximum Gasteiger partial charge on any atom is 0.193 e. The first kappa shape index (κ1) is 17.4. The molecule has 0 saturated heterocycles. The Morgan fingerprint density at radius 1 is 1.43 bits per heavy atom. The van der Waals surface area contributed by atoms with Crippen LogP contribution >= 0.6 is 24.0 Å². The van der Waals surface area contributed by atoms with E-state index in [1.165, 1.54) is 5.56 Å². The second kappa shape index (κ2) is 7.96. The van der Waals surface area contributed by atoms with Crippen LogP contribution in [0.5, 0.6) is 0 Å². The van der Waals surface area contributed by atoms with Crippen molar-refractivity contribution in [2.24, 2.45) is 17.8 Å². The Morgan fingerprint density at radius 2 is 2.19 bits per heavy atom. The van der Waals surface area contributed by atoms with Crippen LogP contribution in [-0.2, 0) is 13.6 Å². The number of nitrogens with two attached hydrogens (primary N) is 1. The molecule has 0 saturated carbocycles. The maximum atomic E-state index is 5.89. The molecule has 1 aromatic carbocycles. The van der Waals surface area contributed by atoms with Crippen molar-refractivity contribution < 1.29 is 0 Å². The standard InChI is InChI=1S/C14H20N6.HI/c1-10(2)11-5-4-6-12(7-11)18-14(15)16-8-13-9-17-19-20(13)3;/h4-7,9-10H,8H2,1-3H3,(H3,15,16,18);1H. The summed E-state index contributed by atoms with van der Waals surface area (Å²) in [6.07, 6.45) is 1.68. The summed E-state index contributed by atoms with van der Waals surface area (Å²) in [4.78, 5) is 4.28. The van der Waals surface area contributed by atoms with E-state index in [2.05, 4.69) is 46.6 Å². The van der Waals surface area contributed by atoms with Gasteiger partial charge < -0.3 is 11.1 Å². The number of halogens is 1. The summed E-state index contributed by atoms with van der Waals surface area (Å²) in [5, 5.41) is 10.7. The molecule has 0 radical (unpaired) electrons. The van der Waals surface area contributed by atoms with E-state index in [1.54, 1.807) is 10.9 Å². The number of aliphatic imine (C=N–C) groups is 1. The van der Waals surface area contributed by atoms with Crippen molar-refractivity contribution in [2.75, 3.05) is 5.32 Å². The minimum Gasteiger partial charge on any atom is -0.370 e. The van der Waals surface area contributed by atoms with Gasteiger partial charge in [0.1, 0.15) is 0 Å². The van der Waals surface area contributed by atoms with Crippen LogP contribution in [0.2, 0.25) is 0 Å². The van der Waals surface area contributed by atoms with Crippen molar-refractivity contribution >= 4 is 35.6 Å². The zero-order valence-corrected chi connectivity index (χ0v) is 14.8. The maximum absolute atomic E-state index is 5.89. The van der Waals surface area contributed by atoms with Crippen molar-refractivity contribution in [2.45, 2.75) is 26.3 Å². The normalized spacial score (nSPS) is 11.3. The number of hydrogen-bond donors (Lipinski definition) is 2. The Hall–Kier alpha value is -1.64. The molecule has 1 aromatic heterocycles. The minimum absolute atomic E-state index is 0. The lowest BCUT2D eigenvalue weighted by Gasteiger charge is -2.09. The fraction of sp³-hybridized carbons (Fsp3) is 0.357. The summed E-state index contributed by atoms with van der Waals surface area (Å²) in [7, 11) is 1.83. The highest BCUT2D eigenvalue weighted by Crippen LogP contribution is 2.18. The van der Waals surface area contributed by atoms with Crippen LogP contribution in [0.25, 0.3) is 0 Å². The summed E-state index contributed by atoms with van der Waals surface area (Å²) in [6, 6.07) is 8.17. The van der Waals surface area contributed by atoms with Gasteiger partial charge in [0.25, 0.3) is 0 Å². The first-order valence-corrected chi connectivity index (χ1v) is 6.56. The molecule has 2 aromatic rings. The van der Waals surface area contributed by atoms with Gasteiger partial charge >= 0.3 is 0 Å². The Morgan fingerprint density at radius 3 is 2.81 bits per heavy atom. The molecule has 2 rings (SSSR count). The number of nitrogens with zero attached hydrogens (tertiary/aromatic N) is 4. The van der Waals surface area contributed by atoms with Gasteiger partial charge in [0.05, 0.1) is 18.4 Å². The number of guanidine groups is 1. The predicted molar refractivity (Wildman–Crippen MR) is 95.9 cm³/mol. The molecule has 7 heteroatoms. The molecule has 0 aliphatic heterocycles. The molecule has 114 valence electrons. The smallest absolute Gasteiger partial charge is 0.193 e. The Kier molecular flexibility index (Phi) is 6.60. The molecular formula is C14H21IN6. The number of aromatic nitrogens is 3. The topological polar surface area (TPSA) is 81.1 Å². The second-order valence-electron chi connectivity index (χ2n) is 4.96. The van der Waals surface area contributed by atoms with Gasteiger partial charge in [-0.15, -0.1) is 29.1 Å². The summed E-state index contributed by atoms with van der Waals surface area (Å²) in [5.41, 5.74) is 9.00. The molecule has 0 amide bonds. The van der Waals surface area contributed by atoms with Gasteiger partial charge in [-0.05, 0) is 23.6 Å². The predicted octanol–water partition coefficient (Wildman–Crippen LogP) is 2.48. The van der Waals surface area contributed by atoms with E-state index < -0.39 is 0 Å². The van der Waals surface area contributed by atoms with E-state index >= 15 is 0 Å². The Balaban J connectivity index is 0.00000220. The van der Waals surface area contributed by atoms with Crippen LogP contribution in [0.3, 0.4) is 0 Å². The van der Waals surface area contributed by atoms with Crippen LogP contribution in [0.1, 0.15) is 31.0 Å². The molecule has 0 aliphatic carbocycles. The molecule has 0 spiro atoms. The third-order valence-corrected chi connectivity index (χ3v) is 3.05. The SMILES string of the molecule is CC(C)c1cccc(NC(N)=NCc2cnnn2C)c1.I. The zero-order chi connectivity index (χ0) is 14.5. The van der Waals surface area contributed by atoms with Crippen molar-refractivity contribution in [3.05, 3.63) is 41.7 Å². The van der Waals surface area contributed by atoms with Crippen molar-refractivity contribution in [1.29, 1.82) is 0 Å². The highest BCUT2D eigenvalue weighted by Gasteiger charge is 2.02. The van der Waals surface area contributed by atoms with Crippen LogP contribution in [0.4, 0.5) is 5.69 Å². The van der Waals surface area contributed by atoms with Crippen molar-refractivity contribution in [3.8, 4) is 0 Å². The van der Waals surface area contributed by atoms with Crippen molar-refractivity contribution in [1.82, 2.24) is 15.0 Å². The van der Waals surface area contributed by atoms with Gasteiger partial charge in [0.15, 0.2) is 5.96 Å². The molecule has 6 nitrogen and oxygen atoms in total. The van der Waals surface area contributed by atoms with Crippen LogP contribution in [-0.4, -0.2) is 21.0 Å². The number of rotatable bonds is 4. The molecule has 0 unspecified atom stereocenters. The molecular weight excluding hydrogens is 379 g/mol. The largest absolute Gasteiger partial charge is 0.370 e. The average molecular weight is 400 g/mol. The fourth-order valence-electron chi connectivity index (χ4n) is 1.78. The number of benzene rings is 1. The molecule has 0 atom stereocenters. The number of aryl methyl sites for hydroxylation is 1. The first-order chi connectivity index (χ1) is 9.56. The highest BCUT2D eigenvalue weighted by molar-refractivity contribution is 14.0. The van der Waals surface area contributed by atoms with Crippen molar-refractivity contribution in [3.63, 3.8) is 0 Å². The zero-order valence-electron chi connectivity index (χ0n) is 12.4. The molecule has 21 heavy (non-hydrogen) atoms. The highest BCUT2D eigenvalue weighted by atomic mass is 127. The average Bonchev–Trinajstić information content (AvgIpc) is 2.82. The van der Waals surface area contributed by atoms with Gasteiger partial charge in [0.2, 0.25) is 0 Å². The lowest BCUT2D eigenvalue weighted by Crippen LogP contribution is -2.22. The van der Waals surface area contributed by atoms with Gasteiger partial charge in [-0.2, -0.15) is 0 Å². The summed E-state index contributed by atoms with van der Waals surface area (Å²) >= 11 is 0.